The molecule has 0 saturated carbocycles. The standard InChI is InChI=1S/C22H23N3O3/c26-22(16-18-9-5-2-6-10-18)21(15-17-7-3-1-4-8-17)24-23-19-11-13-20(14-12-19)25(27)28/h1-14,22-23,25-27H,15-16H2/t22-/m0/s1. The highest BCUT2D eigenvalue weighted by molar-refractivity contribution is 5.91. The molecular weight excluding hydrogens is 354 g/mol. The lowest BCUT2D eigenvalue weighted by Gasteiger charge is -2.15. The molecule has 3 aromatic rings. The fourth-order valence-corrected chi connectivity index (χ4v) is 2.82. The minimum absolute atomic E-state index is 0.211. The molecular formula is C22H23N3O3. The Morgan fingerprint density at radius 2 is 1.46 bits per heavy atom. The van der Waals surface area contributed by atoms with E-state index in [9.17, 15) is 10.3 Å². The quantitative estimate of drug-likeness (QED) is 0.359. The van der Waals surface area contributed by atoms with Crippen LogP contribution >= 0.6 is 0 Å². The van der Waals surface area contributed by atoms with Gasteiger partial charge in [-0.2, -0.15) is 10.3 Å². The van der Waals surface area contributed by atoms with Crippen molar-refractivity contribution in [3.05, 3.63) is 101 Å². The minimum atomic E-state index is -0.974. The van der Waals surface area contributed by atoms with Gasteiger partial charge >= 0.3 is 0 Å². The van der Waals surface area contributed by atoms with Crippen LogP contribution in [0.2, 0.25) is 0 Å². The minimum Gasteiger partial charge on any atom is -0.595 e. The Hall–Kier alpha value is -3.03. The van der Waals surface area contributed by atoms with Crippen LogP contribution in [0.1, 0.15) is 11.1 Å². The maximum Gasteiger partial charge on any atom is 0.163 e. The summed E-state index contributed by atoms with van der Waals surface area (Å²) in [5.74, 6) is 0. The third kappa shape index (κ3) is 5.73. The van der Waals surface area contributed by atoms with Crippen LogP contribution in [0.15, 0.2) is 90.0 Å². The Morgan fingerprint density at radius 3 is 2.04 bits per heavy atom. The van der Waals surface area contributed by atoms with Gasteiger partial charge in [-0.3, -0.25) is 5.43 Å². The molecule has 4 N–H and O–H groups in total. The monoisotopic (exact) mass is 377 g/mol. The number of anilines is 1. The second-order valence-corrected chi connectivity index (χ2v) is 6.47. The fraction of sp³-hybridized carbons (Fsp3) is 0.136. The predicted molar refractivity (Wildman–Crippen MR) is 110 cm³/mol. The van der Waals surface area contributed by atoms with Crippen LogP contribution in [0.3, 0.4) is 0 Å². The topological polar surface area (TPSA) is 92.4 Å². The first-order chi connectivity index (χ1) is 13.6. The molecule has 0 aliphatic rings. The van der Waals surface area contributed by atoms with Gasteiger partial charge in [-0.05, 0) is 23.3 Å². The first-order valence-electron chi connectivity index (χ1n) is 9.03. The van der Waals surface area contributed by atoms with E-state index in [2.05, 4.69) is 10.5 Å². The van der Waals surface area contributed by atoms with Crippen molar-refractivity contribution in [1.82, 2.24) is 0 Å². The summed E-state index contributed by atoms with van der Waals surface area (Å²) in [7, 11) is 0. The summed E-state index contributed by atoms with van der Waals surface area (Å²) in [5, 5.41) is 34.2. The third-order valence-electron chi connectivity index (χ3n) is 4.35. The van der Waals surface area contributed by atoms with Crippen LogP contribution < -0.4 is 10.7 Å². The van der Waals surface area contributed by atoms with Gasteiger partial charge in [0.15, 0.2) is 5.69 Å². The number of quaternary nitrogens is 1. The number of aliphatic hydroxyl groups excluding tert-OH is 1. The van der Waals surface area contributed by atoms with Gasteiger partial charge in [0.1, 0.15) is 0 Å². The predicted octanol–water partition coefficient (Wildman–Crippen LogP) is 2.70. The van der Waals surface area contributed by atoms with Crippen LogP contribution in [0.5, 0.6) is 0 Å². The molecule has 0 radical (unpaired) electrons. The number of benzene rings is 3. The van der Waals surface area contributed by atoms with Gasteiger partial charge in [-0.1, -0.05) is 60.7 Å². The first-order valence-corrected chi connectivity index (χ1v) is 9.03. The molecule has 0 fully saturated rings. The van der Waals surface area contributed by atoms with E-state index in [-0.39, 0.29) is 5.69 Å². The number of hydrazone groups is 1. The molecule has 28 heavy (non-hydrogen) atoms. The molecule has 6 heteroatoms. The van der Waals surface area contributed by atoms with E-state index in [0.29, 0.717) is 24.2 Å². The van der Waals surface area contributed by atoms with Gasteiger partial charge < -0.3 is 10.3 Å². The van der Waals surface area contributed by atoms with Crippen molar-refractivity contribution in [2.45, 2.75) is 18.9 Å². The van der Waals surface area contributed by atoms with E-state index in [1.165, 1.54) is 12.1 Å². The zero-order chi connectivity index (χ0) is 19.8. The molecule has 0 aliphatic heterocycles. The summed E-state index contributed by atoms with van der Waals surface area (Å²) in [5.41, 5.74) is 6.49. The zero-order valence-electron chi connectivity index (χ0n) is 15.3. The number of aliphatic hydroxyl groups is 1. The van der Waals surface area contributed by atoms with Gasteiger partial charge in [0.25, 0.3) is 0 Å². The molecule has 2 atom stereocenters. The van der Waals surface area contributed by atoms with E-state index in [0.717, 1.165) is 11.1 Å². The Balaban J connectivity index is 1.77. The van der Waals surface area contributed by atoms with Crippen molar-refractivity contribution in [1.29, 1.82) is 0 Å². The molecule has 0 aromatic heterocycles. The number of nitrogens with one attached hydrogen (secondary N) is 2. The molecule has 0 bridgehead atoms. The van der Waals surface area contributed by atoms with E-state index in [1.807, 2.05) is 60.7 Å². The number of hydrogen-bond acceptors (Lipinski definition) is 5. The molecule has 3 rings (SSSR count). The Labute approximate surface area is 163 Å². The van der Waals surface area contributed by atoms with Gasteiger partial charge in [-0.15, -0.1) is 0 Å². The Kier molecular flexibility index (Phi) is 6.89. The van der Waals surface area contributed by atoms with Crippen LogP contribution in [0.4, 0.5) is 11.4 Å². The maximum atomic E-state index is 11.0. The second-order valence-electron chi connectivity index (χ2n) is 6.47. The van der Waals surface area contributed by atoms with Gasteiger partial charge in [-0.25, -0.2) is 5.21 Å². The second kappa shape index (κ2) is 9.77. The van der Waals surface area contributed by atoms with Crippen molar-refractivity contribution in [3.63, 3.8) is 0 Å². The van der Waals surface area contributed by atoms with Crippen molar-refractivity contribution in [2.24, 2.45) is 5.10 Å². The molecule has 0 heterocycles. The average Bonchev–Trinajstić information content (AvgIpc) is 2.73. The summed E-state index contributed by atoms with van der Waals surface area (Å²) < 4.78 is 0. The third-order valence-corrected chi connectivity index (χ3v) is 4.35. The number of nitrogens with zero attached hydrogens (tertiary/aromatic N) is 1. The molecule has 6 nitrogen and oxygen atoms in total. The Bertz CT molecular complexity index is 882. The van der Waals surface area contributed by atoms with E-state index < -0.39 is 11.3 Å². The lowest BCUT2D eigenvalue weighted by molar-refractivity contribution is -0.991. The summed E-state index contributed by atoms with van der Waals surface area (Å²) in [6, 6.07) is 25.9. The smallest absolute Gasteiger partial charge is 0.163 e. The van der Waals surface area contributed by atoms with Crippen LogP contribution in [0, 0.1) is 5.21 Å². The number of hydrogen-bond donors (Lipinski definition) is 4. The molecule has 0 amide bonds. The summed E-state index contributed by atoms with van der Waals surface area (Å²) in [4.78, 5) is 0. The van der Waals surface area contributed by atoms with Crippen LogP contribution in [-0.4, -0.2) is 22.1 Å². The number of rotatable bonds is 8. The van der Waals surface area contributed by atoms with Crippen LogP contribution in [-0.2, 0) is 12.8 Å². The van der Waals surface area contributed by atoms with Crippen LogP contribution in [0.25, 0.3) is 0 Å². The molecule has 0 spiro atoms. The van der Waals surface area contributed by atoms with E-state index in [1.54, 1.807) is 12.1 Å². The molecule has 1 unspecified atom stereocenters. The van der Waals surface area contributed by atoms with Crippen molar-refractivity contribution >= 4 is 17.1 Å². The Morgan fingerprint density at radius 1 is 0.893 bits per heavy atom. The average molecular weight is 377 g/mol. The molecule has 3 aromatic carbocycles. The lowest BCUT2D eigenvalue weighted by atomic mass is 9.99. The highest BCUT2D eigenvalue weighted by Gasteiger charge is 2.15. The maximum absolute atomic E-state index is 11.0. The summed E-state index contributed by atoms with van der Waals surface area (Å²) in [6.45, 7) is 0. The molecule has 0 saturated heterocycles. The van der Waals surface area contributed by atoms with Crippen molar-refractivity contribution in [2.75, 3.05) is 5.43 Å². The van der Waals surface area contributed by atoms with Gasteiger partial charge in [0.05, 0.1) is 17.5 Å². The SMILES string of the molecule is [O-][NH+](O)c1ccc(NN=C(Cc2ccccc2)[C@@H](O)Cc2ccccc2)cc1. The summed E-state index contributed by atoms with van der Waals surface area (Å²) >= 11 is 0. The highest BCUT2D eigenvalue weighted by Crippen LogP contribution is 2.13. The molecule has 144 valence electrons. The normalized spacial score (nSPS) is 13.8. The van der Waals surface area contributed by atoms with E-state index >= 15 is 0 Å². The van der Waals surface area contributed by atoms with E-state index in [4.69, 9.17) is 5.21 Å². The zero-order valence-corrected chi connectivity index (χ0v) is 15.3. The lowest BCUT2D eigenvalue weighted by Crippen LogP contribution is -2.99. The van der Waals surface area contributed by atoms with Gasteiger partial charge in [0, 0.05) is 25.0 Å². The van der Waals surface area contributed by atoms with Gasteiger partial charge in [0.2, 0.25) is 0 Å². The summed E-state index contributed by atoms with van der Waals surface area (Å²) in [6.07, 6.45) is 0.231. The van der Waals surface area contributed by atoms with Crippen molar-refractivity contribution in [3.8, 4) is 0 Å². The molecule has 0 aliphatic carbocycles. The highest BCUT2D eigenvalue weighted by atomic mass is 16.8. The largest absolute Gasteiger partial charge is 0.595 e. The van der Waals surface area contributed by atoms with Crippen molar-refractivity contribution < 1.29 is 15.5 Å². The first kappa shape index (κ1) is 19.7. The fourth-order valence-electron chi connectivity index (χ4n) is 2.82.